The van der Waals surface area contributed by atoms with E-state index in [0.717, 1.165) is 9.40 Å². The Morgan fingerprint density at radius 2 is 0.941 bits per heavy atom. The molecule has 0 unspecified atom stereocenters. The number of benzene rings is 4. The predicted octanol–water partition coefficient (Wildman–Crippen LogP) is 10.2. The molecule has 34 heteroatoms. The molecule has 6 N–H and O–H groups in total. The number of aromatic nitrogens is 2. The van der Waals surface area contributed by atoms with E-state index in [1.165, 1.54) is 39.6 Å². The average Bonchev–Trinajstić information content (AvgIpc) is 1.59. The molecule has 101 heavy (non-hydrogen) atoms. The number of anilines is 2. The first-order valence-electron chi connectivity index (χ1n) is 31.9. The Morgan fingerprint density at radius 3 is 1.32 bits per heavy atom. The van der Waals surface area contributed by atoms with Crippen molar-refractivity contribution >= 4 is 90.0 Å². The second-order valence-corrected chi connectivity index (χ2v) is 27.3. The number of ether oxygens (including phenoxy) is 3. The minimum absolute atomic E-state index is 0. The maximum atomic E-state index is 14.3. The second-order valence-electron chi connectivity index (χ2n) is 25.3. The predicted molar refractivity (Wildman–Crippen MR) is 340 cm³/mol. The molecule has 0 bridgehead atoms. The number of thiazole rings is 2. The summed E-state index contributed by atoms with van der Waals surface area (Å²) in [5.74, 6) is -5.54. The fourth-order valence-electron chi connectivity index (χ4n) is 13.0. The van der Waals surface area contributed by atoms with Gasteiger partial charge in [0.05, 0.1) is 62.9 Å². The zero-order valence-corrected chi connectivity index (χ0v) is 57.7. The summed E-state index contributed by atoms with van der Waals surface area (Å²) in [4.78, 5) is 93.0. The van der Waals surface area contributed by atoms with Crippen LogP contribution >= 0.6 is 22.7 Å². The van der Waals surface area contributed by atoms with Gasteiger partial charge in [0.2, 0.25) is 23.6 Å². The van der Waals surface area contributed by atoms with Crippen molar-refractivity contribution in [2.45, 2.75) is 162 Å². The number of nitrogens with zero attached hydrogens (tertiary/aromatic N) is 4. The number of carbonyl (C=O) groups excluding carboxylic acids is 5. The number of nitrogens with one attached hydrogen (secondary N) is 4. The molecule has 4 fully saturated rings. The van der Waals surface area contributed by atoms with E-state index in [2.05, 4.69) is 31.2 Å². The number of amides is 4. The molecule has 4 amide bonds. The fourth-order valence-corrected chi connectivity index (χ4v) is 14.8. The van der Waals surface area contributed by atoms with E-state index in [9.17, 15) is 86.6 Å². The van der Waals surface area contributed by atoms with Crippen LogP contribution in [0.3, 0.4) is 0 Å². The van der Waals surface area contributed by atoms with Crippen molar-refractivity contribution in [1.29, 1.82) is 0 Å². The minimum atomic E-state index is -5.10. The molecule has 2 saturated carbocycles. The quantitative estimate of drug-likeness (QED) is 0.0370. The third-order valence-corrected chi connectivity index (χ3v) is 20.2. The molecule has 2 saturated heterocycles. The summed E-state index contributed by atoms with van der Waals surface area (Å²) in [5.41, 5.74) is -8.79. The Morgan fingerprint density at radius 1 is 0.564 bits per heavy atom. The second kappa shape index (κ2) is 31.1. The molecule has 6 heterocycles. The van der Waals surface area contributed by atoms with Crippen LogP contribution in [0.5, 0.6) is 10.4 Å². The molecule has 0 spiro atoms. The van der Waals surface area contributed by atoms with Crippen LogP contribution in [0.25, 0.3) is 20.4 Å². The largest absolute Gasteiger partial charge is 1.00 e. The van der Waals surface area contributed by atoms with E-state index < -0.39 is 147 Å². The number of para-hydroxylation sites is 2. The topological polar surface area (TPSA) is 261 Å². The fraction of sp³-hybridized carbons (Fsp3) is 0.463. The van der Waals surface area contributed by atoms with Gasteiger partial charge in [-0.1, -0.05) is 96.9 Å². The average molecular weight is 1480 g/mol. The number of rotatable bonds is 10. The van der Waals surface area contributed by atoms with Crippen molar-refractivity contribution in [2.24, 2.45) is 11.8 Å². The Balaban J connectivity index is 0.000000231. The molecule has 0 radical (unpaired) electrons. The van der Waals surface area contributed by atoms with Gasteiger partial charge in [0.1, 0.15) is 47.5 Å². The van der Waals surface area contributed by atoms with Crippen LogP contribution in [-0.2, 0) is 58.2 Å². The number of aliphatic carboxylic acids is 1. The van der Waals surface area contributed by atoms with E-state index >= 15 is 0 Å². The normalized spacial score (nSPS) is 26.6. The van der Waals surface area contributed by atoms with Crippen LogP contribution in [0.15, 0.2) is 109 Å². The van der Waals surface area contributed by atoms with Gasteiger partial charge in [-0.3, -0.25) is 19.2 Å². The summed E-state index contributed by atoms with van der Waals surface area (Å²) in [7, 11) is 1.21. The summed E-state index contributed by atoms with van der Waals surface area (Å²) < 4.78 is 183. The molecule has 10 atom stereocenters. The third kappa shape index (κ3) is 18.0. The molecule has 12 rings (SSSR count). The van der Waals surface area contributed by atoms with Crippen molar-refractivity contribution in [3.05, 3.63) is 131 Å². The Labute approximate surface area is 599 Å². The molecule has 538 valence electrons. The maximum absolute atomic E-state index is 14.3. The first kappa shape index (κ1) is 77.4. The van der Waals surface area contributed by atoms with Gasteiger partial charge in [0.15, 0.2) is 0 Å². The van der Waals surface area contributed by atoms with Crippen molar-refractivity contribution in [2.75, 3.05) is 30.8 Å². The molecule has 6 aliphatic rings. The van der Waals surface area contributed by atoms with Gasteiger partial charge in [-0.25, -0.2) is 19.6 Å². The Hall–Kier alpha value is -7.72. The van der Waals surface area contributed by atoms with E-state index in [-0.39, 0.29) is 110 Å². The van der Waals surface area contributed by atoms with Crippen LogP contribution < -0.4 is 60.3 Å². The number of halogens is 12. The number of methoxy groups -OCH3 is 1. The molecular weight excluding hydrogens is 1410 g/mol. The number of carboxylic acids is 1. The minimum Gasteiger partial charge on any atom is -0.870 e. The number of hydrogen-bond donors (Lipinski definition) is 5. The SMILES string of the molecule is COC(=O)[C@@]12C[C@H]1/C=C\CCCCC[C@H](Nc1cc(C(F)(F)F)cc(C(F)(F)F)c1)C(=O)N1C[C@H](Oc3nc4ccccc4s3)C[C@H]1C(=O)N2.O=C1N[C@]2(C(=O)O)C[C@H]2/C=C\CCCCC[C@H](Nc2cc(C(F)(F)F)cc(C(F)(F)F)c2)C(=O)N2C[C@H](Oc3nc4ccccc4s3)C[C@@H]12.[Na+].[OH-]. The van der Waals surface area contributed by atoms with Crippen LogP contribution in [0.4, 0.5) is 64.1 Å². The van der Waals surface area contributed by atoms with Crippen LogP contribution in [0.2, 0.25) is 0 Å². The molecule has 19 nitrogen and oxygen atoms in total. The number of esters is 1. The van der Waals surface area contributed by atoms with E-state index in [1.54, 1.807) is 24.3 Å². The van der Waals surface area contributed by atoms with Gasteiger partial charge in [-0.15, -0.1) is 0 Å². The van der Waals surface area contributed by atoms with Gasteiger partial charge in [-0.05, 0) is 112 Å². The monoisotopic (exact) mass is 1470 g/mol. The van der Waals surface area contributed by atoms with Crippen molar-refractivity contribution in [1.82, 2.24) is 30.4 Å². The van der Waals surface area contributed by atoms with Crippen molar-refractivity contribution in [3.8, 4) is 10.4 Å². The molecular formula is C67H67F12N8NaO11S2. The molecule has 2 aromatic heterocycles. The van der Waals surface area contributed by atoms with Gasteiger partial charge in [0.25, 0.3) is 10.4 Å². The summed E-state index contributed by atoms with van der Waals surface area (Å²) in [6.45, 7) is -0.291. The third-order valence-electron chi connectivity index (χ3n) is 18.4. The number of allylic oxidation sites excluding steroid dienone is 2. The first-order chi connectivity index (χ1) is 46.8. The molecule has 4 aliphatic heterocycles. The van der Waals surface area contributed by atoms with Gasteiger partial charge in [-0.2, -0.15) is 52.7 Å². The summed E-state index contributed by atoms with van der Waals surface area (Å²) in [5, 5.41) is 21.3. The molecule has 6 aromatic rings. The Kier molecular flexibility index (Phi) is 23.8. The number of carboxylic acid groups (broad SMARTS) is 1. The number of alkyl halides is 12. The zero-order valence-electron chi connectivity index (χ0n) is 54.0. The van der Waals surface area contributed by atoms with Crippen molar-refractivity contribution < 1.29 is 136 Å². The number of carbonyl (C=O) groups is 6. The number of hydrogen-bond acceptors (Lipinski definition) is 16. The Bertz CT molecular complexity index is 3970. The van der Waals surface area contributed by atoms with E-state index in [0.29, 0.717) is 91.9 Å². The smallest absolute Gasteiger partial charge is 0.870 e. The summed E-state index contributed by atoms with van der Waals surface area (Å²) in [6, 6.07) is 11.6. The molecule has 4 aromatic carbocycles. The van der Waals surface area contributed by atoms with Crippen LogP contribution in [0.1, 0.15) is 112 Å². The van der Waals surface area contributed by atoms with Gasteiger partial charge >= 0.3 is 66.2 Å². The zero-order chi connectivity index (χ0) is 71.0. The van der Waals surface area contributed by atoms with E-state index in [4.69, 9.17) is 14.2 Å². The van der Waals surface area contributed by atoms with Gasteiger partial charge in [0, 0.05) is 36.1 Å². The van der Waals surface area contributed by atoms with E-state index in [1.807, 2.05) is 48.6 Å². The van der Waals surface area contributed by atoms with Crippen LogP contribution in [0, 0.1) is 11.8 Å². The summed E-state index contributed by atoms with van der Waals surface area (Å²) in [6.07, 6.45) is -9.61. The van der Waals surface area contributed by atoms with Crippen molar-refractivity contribution in [3.63, 3.8) is 0 Å². The standard InChI is InChI=1S/C34H34F6N4O5S.C33H32F6N4O5S.Na.H2O/c1-48-30(47)32-17-19(32)9-5-3-2-4-6-11-25(41-22-14-20(33(35,36)37)13-21(15-22)34(38,39)40)29(46)44-18-23(16-26(44)28(45)43-32)49-31-42-24-10-7-8-12-27(24)50-31;34-32(35,36)19-12-20(33(37,38)39)14-21(13-19)40-24-10-5-3-1-2-4-8-18-16-31(18,29(46)47)42-27(44)25-15-22(17-43(25)28(24)45)48-30-41-23-9-6-7-11-26(23)49-30;;/h5,7-10,12-15,19,23,25-26,41H,2-4,6,11,16-18H2,1H3,(H,43,45);4,6-9,11-14,18,22,24-25,40H,1-3,5,10,15-17H2,(H,42,44)(H,46,47);;1H2/q;;+1;/p-1/b9-5-;8-4-;;/t19-,23-,25+,26+,32-;18-,22-,24+,25+,31-;;/m11../s1. The van der Waals surface area contributed by atoms with Gasteiger partial charge < -0.3 is 55.9 Å². The number of fused-ring (bicyclic) bond motifs is 6. The summed E-state index contributed by atoms with van der Waals surface area (Å²) >= 11 is 2.51. The molecule has 2 aliphatic carbocycles. The van der Waals surface area contributed by atoms with Crippen LogP contribution in [-0.4, -0.2) is 134 Å². The first-order valence-corrected chi connectivity index (χ1v) is 33.5. The maximum Gasteiger partial charge on any atom is 1.00 e.